The Bertz CT molecular complexity index is 591. The predicted octanol–water partition coefficient (Wildman–Crippen LogP) is 2.56. The van der Waals surface area contributed by atoms with Crippen LogP contribution in [0, 0.1) is 5.92 Å². The summed E-state index contributed by atoms with van der Waals surface area (Å²) in [6.07, 6.45) is 3.39. The van der Waals surface area contributed by atoms with Gasteiger partial charge < -0.3 is 10.2 Å². The van der Waals surface area contributed by atoms with Crippen LogP contribution in [0.4, 0.5) is 5.69 Å². The quantitative estimate of drug-likeness (QED) is 0.873. The standard InChI is InChI=1S/C18H24N2O2/c1-3-17(21)20-12(2)9-15-10-13(6-7-16(15)20)18(22)14-5-4-8-19-11-14/h6-7,10,12,14,19H,3-5,8-9,11H2,1-2H3. The Kier molecular flexibility index (Phi) is 4.30. The summed E-state index contributed by atoms with van der Waals surface area (Å²) in [4.78, 5) is 26.6. The summed E-state index contributed by atoms with van der Waals surface area (Å²) < 4.78 is 0. The van der Waals surface area contributed by atoms with Crippen molar-refractivity contribution in [1.82, 2.24) is 5.32 Å². The summed E-state index contributed by atoms with van der Waals surface area (Å²) in [7, 11) is 0. The van der Waals surface area contributed by atoms with Crippen LogP contribution < -0.4 is 10.2 Å². The lowest BCUT2D eigenvalue weighted by molar-refractivity contribution is -0.118. The van der Waals surface area contributed by atoms with Crippen LogP contribution in [0.2, 0.25) is 0 Å². The van der Waals surface area contributed by atoms with Crippen molar-refractivity contribution in [3.8, 4) is 0 Å². The van der Waals surface area contributed by atoms with Gasteiger partial charge in [0.2, 0.25) is 5.91 Å². The van der Waals surface area contributed by atoms with Gasteiger partial charge in [0.05, 0.1) is 0 Å². The molecule has 4 heteroatoms. The van der Waals surface area contributed by atoms with Gasteiger partial charge in [0.15, 0.2) is 5.78 Å². The van der Waals surface area contributed by atoms with Crippen LogP contribution in [0.1, 0.15) is 49.0 Å². The Balaban J connectivity index is 1.84. The number of carbonyl (C=O) groups is 2. The van der Waals surface area contributed by atoms with Crippen molar-refractivity contribution >= 4 is 17.4 Å². The maximum Gasteiger partial charge on any atom is 0.226 e. The van der Waals surface area contributed by atoms with E-state index < -0.39 is 0 Å². The van der Waals surface area contributed by atoms with E-state index in [0.29, 0.717) is 6.42 Å². The summed E-state index contributed by atoms with van der Waals surface area (Å²) in [5, 5.41) is 3.30. The first kappa shape index (κ1) is 15.2. The molecule has 2 aliphatic heterocycles. The average molecular weight is 300 g/mol. The third kappa shape index (κ3) is 2.68. The molecule has 2 atom stereocenters. The molecule has 0 radical (unpaired) electrons. The van der Waals surface area contributed by atoms with Gasteiger partial charge in [-0.05, 0) is 56.5 Å². The average Bonchev–Trinajstić information content (AvgIpc) is 2.89. The molecule has 1 fully saturated rings. The molecular weight excluding hydrogens is 276 g/mol. The van der Waals surface area contributed by atoms with Crippen LogP contribution in [0.5, 0.6) is 0 Å². The van der Waals surface area contributed by atoms with E-state index in [1.165, 1.54) is 0 Å². The van der Waals surface area contributed by atoms with Gasteiger partial charge in [-0.15, -0.1) is 0 Å². The van der Waals surface area contributed by atoms with Crippen molar-refractivity contribution in [3.63, 3.8) is 0 Å². The first-order valence-corrected chi connectivity index (χ1v) is 8.31. The van der Waals surface area contributed by atoms with Crippen molar-refractivity contribution in [2.24, 2.45) is 5.92 Å². The number of fused-ring (bicyclic) bond motifs is 1. The molecule has 0 spiro atoms. The molecule has 1 saturated heterocycles. The predicted molar refractivity (Wildman–Crippen MR) is 87.3 cm³/mol. The first-order valence-electron chi connectivity index (χ1n) is 8.31. The molecule has 2 unspecified atom stereocenters. The Morgan fingerprint density at radius 2 is 2.18 bits per heavy atom. The van der Waals surface area contributed by atoms with Crippen LogP contribution in [-0.2, 0) is 11.2 Å². The van der Waals surface area contributed by atoms with E-state index in [2.05, 4.69) is 12.2 Å². The Morgan fingerprint density at radius 1 is 1.36 bits per heavy atom. The maximum absolute atomic E-state index is 12.6. The fourth-order valence-corrected chi connectivity index (χ4v) is 3.65. The first-order chi connectivity index (χ1) is 10.6. The van der Waals surface area contributed by atoms with Crippen molar-refractivity contribution in [2.75, 3.05) is 18.0 Å². The third-order valence-electron chi connectivity index (χ3n) is 4.82. The monoisotopic (exact) mass is 300 g/mol. The molecule has 2 aliphatic rings. The number of nitrogens with zero attached hydrogens (tertiary/aromatic N) is 1. The van der Waals surface area contributed by atoms with Gasteiger partial charge in [-0.3, -0.25) is 9.59 Å². The minimum Gasteiger partial charge on any atom is -0.316 e. The Labute approximate surface area is 131 Å². The SMILES string of the molecule is CCC(=O)N1c2ccc(C(=O)C3CCCNC3)cc2CC1C. The van der Waals surface area contributed by atoms with Crippen molar-refractivity contribution in [2.45, 2.75) is 45.6 Å². The van der Waals surface area contributed by atoms with Gasteiger partial charge in [-0.25, -0.2) is 0 Å². The van der Waals surface area contributed by atoms with Crippen molar-refractivity contribution < 1.29 is 9.59 Å². The molecule has 1 amide bonds. The van der Waals surface area contributed by atoms with Gasteiger partial charge in [-0.2, -0.15) is 0 Å². The molecule has 1 N–H and O–H groups in total. The minimum absolute atomic E-state index is 0.0963. The molecule has 0 aromatic heterocycles. The second-order valence-electron chi connectivity index (χ2n) is 6.42. The Hall–Kier alpha value is -1.68. The van der Waals surface area contributed by atoms with Crippen LogP contribution >= 0.6 is 0 Å². The van der Waals surface area contributed by atoms with Crippen LogP contribution in [0.25, 0.3) is 0 Å². The topological polar surface area (TPSA) is 49.4 Å². The summed E-state index contributed by atoms with van der Waals surface area (Å²) >= 11 is 0. The molecule has 4 nitrogen and oxygen atoms in total. The van der Waals surface area contributed by atoms with Gasteiger partial charge in [0.25, 0.3) is 0 Å². The molecule has 0 bridgehead atoms. The number of benzene rings is 1. The summed E-state index contributed by atoms with van der Waals surface area (Å²) in [5.41, 5.74) is 2.91. The molecule has 0 aliphatic carbocycles. The van der Waals surface area contributed by atoms with E-state index in [1.54, 1.807) is 0 Å². The van der Waals surface area contributed by atoms with Crippen molar-refractivity contribution in [3.05, 3.63) is 29.3 Å². The lowest BCUT2D eigenvalue weighted by Crippen LogP contribution is -2.35. The summed E-state index contributed by atoms with van der Waals surface area (Å²) in [6, 6.07) is 6.04. The van der Waals surface area contributed by atoms with Crippen LogP contribution in [0.15, 0.2) is 18.2 Å². The zero-order chi connectivity index (χ0) is 15.7. The highest BCUT2D eigenvalue weighted by molar-refractivity contribution is 6.00. The fourth-order valence-electron chi connectivity index (χ4n) is 3.65. The third-order valence-corrected chi connectivity index (χ3v) is 4.82. The molecular formula is C18H24N2O2. The molecule has 0 saturated carbocycles. The van der Waals surface area contributed by atoms with Crippen LogP contribution in [-0.4, -0.2) is 30.8 Å². The second kappa shape index (κ2) is 6.21. The number of amides is 1. The summed E-state index contributed by atoms with van der Waals surface area (Å²) in [5.74, 6) is 0.490. The lowest BCUT2D eigenvalue weighted by atomic mass is 9.90. The number of anilines is 1. The molecule has 22 heavy (non-hydrogen) atoms. The van der Waals surface area contributed by atoms with E-state index in [0.717, 1.165) is 49.2 Å². The summed E-state index contributed by atoms with van der Waals surface area (Å²) in [6.45, 7) is 5.76. The highest BCUT2D eigenvalue weighted by atomic mass is 16.2. The highest BCUT2D eigenvalue weighted by Gasteiger charge is 2.31. The van der Waals surface area contributed by atoms with E-state index in [9.17, 15) is 9.59 Å². The maximum atomic E-state index is 12.6. The molecule has 1 aromatic rings. The van der Waals surface area contributed by atoms with E-state index in [1.807, 2.05) is 30.0 Å². The van der Waals surface area contributed by atoms with E-state index in [4.69, 9.17) is 0 Å². The number of hydrogen-bond donors (Lipinski definition) is 1. The van der Waals surface area contributed by atoms with Crippen LogP contribution in [0.3, 0.4) is 0 Å². The molecule has 2 heterocycles. The fraction of sp³-hybridized carbons (Fsp3) is 0.556. The second-order valence-corrected chi connectivity index (χ2v) is 6.42. The normalized spacial score (nSPS) is 24.2. The number of hydrogen-bond acceptors (Lipinski definition) is 3. The van der Waals surface area contributed by atoms with Gasteiger partial charge in [-0.1, -0.05) is 6.92 Å². The number of piperidine rings is 1. The smallest absolute Gasteiger partial charge is 0.226 e. The lowest BCUT2D eigenvalue weighted by Gasteiger charge is -2.23. The van der Waals surface area contributed by atoms with E-state index >= 15 is 0 Å². The number of Topliss-reactive ketones (excluding diaryl/α,β-unsaturated/α-hetero) is 1. The molecule has 1 aromatic carbocycles. The van der Waals surface area contributed by atoms with Gasteiger partial charge >= 0.3 is 0 Å². The van der Waals surface area contributed by atoms with E-state index in [-0.39, 0.29) is 23.7 Å². The van der Waals surface area contributed by atoms with Gasteiger partial charge in [0.1, 0.15) is 0 Å². The highest BCUT2D eigenvalue weighted by Crippen LogP contribution is 2.34. The zero-order valence-corrected chi connectivity index (χ0v) is 13.4. The number of carbonyl (C=O) groups excluding carboxylic acids is 2. The largest absolute Gasteiger partial charge is 0.316 e. The zero-order valence-electron chi connectivity index (χ0n) is 13.4. The number of nitrogens with one attached hydrogen (secondary N) is 1. The number of ketones is 1. The molecule has 118 valence electrons. The van der Waals surface area contributed by atoms with Gasteiger partial charge in [0, 0.05) is 36.2 Å². The van der Waals surface area contributed by atoms with Crippen molar-refractivity contribution in [1.29, 1.82) is 0 Å². The minimum atomic E-state index is 0.0963. The number of rotatable bonds is 3. The Morgan fingerprint density at radius 3 is 2.86 bits per heavy atom. The molecule has 3 rings (SSSR count).